The molecule has 0 bridgehead atoms. The van der Waals surface area contributed by atoms with Gasteiger partial charge in [0.2, 0.25) is 0 Å². The zero-order chi connectivity index (χ0) is 15.2. The van der Waals surface area contributed by atoms with Gasteiger partial charge >= 0.3 is 11.9 Å². The second-order valence-electron chi connectivity index (χ2n) is 5.95. The Morgan fingerprint density at radius 3 is 1.76 bits per heavy atom. The van der Waals surface area contributed by atoms with Crippen molar-refractivity contribution in [3.05, 3.63) is 12.2 Å². The SMILES string of the molecule is O=C1C/C=C\CCCCCCCCCCCCCC(=O)O1. The number of allylic oxidation sites excluding steroid dienone is 1. The zero-order valence-corrected chi connectivity index (χ0v) is 13.3. The van der Waals surface area contributed by atoms with Crippen molar-refractivity contribution in [2.75, 3.05) is 0 Å². The number of ether oxygens (including phenoxy) is 1. The number of hydrogen-bond donors (Lipinski definition) is 0. The van der Waals surface area contributed by atoms with E-state index in [4.69, 9.17) is 4.74 Å². The lowest BCUT2D eigenvalue weighted by molar-refractivity contribution is -0.159. The van der Waals surface area contributed by atoms with Crippen molar-refractivity contribution in [2.45, 2.75) is 89.9 Å². The van der Waals surface area contributed by atoms with Crippen LogP contribution >= 0.6 is 0 Å². The first-order chi connectivity index (χ1) is 10.3. The number of hydrogen-bond acceptors (Lipinski definition) is 3. The number of esters is 2. The van der Waals surface area contributed by atoms with E-state index in [0.717, 1.165) is 19.3 Å². The summed E-state index contributed by atoms with van der Waals surface area (Å²) < 4.78 is 4.79. The predicted octanol–water partition coefficient (Wildman–Crippen LogP) is 5.09. The summed E-state index contributed by atoms with van der Waals surface area (Å²) in [7, 11) is 0. The molecule has 0 aliphatic carbocycles. The van der Waals surface area contributed by atoms with Crippen LogP contribution in [0.25, 0.3) is 0 Å². The molecule has 0 amide bonds. The summed E-state index contributed by atoms with van der Waals surface area (Å²) in [5.41, 5.74) is 0. The van der Waals surface area contributed by atoms with Crippen molar-refractivity contribution >= 4 is 11.9 Å². The third-order valence-corrected chi connectivity index (χ3v) is 3.93. The van der Waals surface area contributed by atoms with Gasteiger partial charge in [0.15, 0.2) is 0 Å². The number of carbonyl (C=O) groups is 2. The average molecular weight is 294 g/mol. The van der Waals surface area contributed by atoms with Crippen LogP contribution < -0.4 is 0 Å². The molecule has 1 heterocycles. The lowest BCUT2D eigenvalue weighted by atomic mass is 10.0. The van der Waals surface area contributed by atoms with Gasteiger partial charge in [0.05, 0.1) is 6.42 Å². The first kappa shape index (κ1) is 17.9. The molecule has 3 heteroatoms. The standard InChI is InChI=1S/C18H30O3/c19-17-15-13-11-9-7-5-3-1-2-4-6-8-10-12-14-16-18(20)21-17/h11,13H,1-10,12,14-16H2/b13-11-. The van der Waals surface area contributed by atoms with Gasteiger partial charge in [0, 0.05) is 6.42 Å². The maximum atomic E-state index is 11.5. The normalized spacial score (nSPS) is 23.4. The fourth-order valence-electron chi connectivity index (χ4n) is 2.64. The molecule has 0 aromatic rings. The minimum Gasteiger partial charge on any atom is -0.393 e. The molecule has 0 fully saturated rings. The van der Waals surface area contributed by atoms with Crippen LogP contribution in [-0.2, 0) is 14.3 Å². The fourth-order valence-corrected chi connectivity index (χ4v) is 2.64. The minimum absolute atomic E-state index is 0.214. The van der Waals surface area contributed by atoms with Crippen molar-refractivity contribution in [1.29, 1.82) is 0 Å². The van der Waals surface area contributed by atoms with Gasteiger partial charge in [-0.25, -0.2) is 0 Å². The van der Waals surface area contributed by atoms with Gasteiger partial charge in [-0.15, -0.1) is 0 Å². The molecule has 0 spiro atoms. The van der Waals surface area contributed by atoms with Crippen molar-refractivity contribution in [3.8, 4) is 0 Å². The maximum absolute atomic E-state index is 11.5. The number of carbonyl (C=O) groups excluding carboxylic acids is 2. The van der Waals surface area contributed by atoms with Crippen molar-refractivity contribution in [1.82, 2.24) is 0 Å². The van der Waals surface area contributed by atoms with E-state index in [9.17, 15) is 9.59 Å². The summed E-state index contributed by atoms with van der Waals surface area (Å²) in [5.74, 6) is -0.791. The van der Waals surface area contributed by atoms with Crippen LogP contribution in [0.4, 0.5) is 0 Å². The van der Waals surface area contributed by atoms with Gasteiger partial charge in [-0.3, -0.25) is 9.59 Å². The van der Waals surface area contributed by atoms with Crippen LogP contribution in [0.15, 0.2) is 12.2 Å². The number of cyclic esters (lactones) is 2. The summed E-state index contributed by atoms with van der Waals surface area (Å²) in [5, 5.41) is 0. The van der Waals surface area contributed by atoms with Crippen LogP contribution in [0, 0.1) is 0 Å². The highest BCUT2D eigenvalue weighted by atomic mass is 16.6. The van der Waals surface area contributed by atoms with Crippen LogP contribution in [0.3, 0.4) is 0 Å². The molecule has 0 atom stereocenters. The van der Waals surface area contributed by atoms with Gasteiger partial charge in [0.25, 0.3) is 0 Å². The van der Waals surface area contributed by atoms with E-state index in [1.807, 2.05) is 12.2 Å². The molecule has 3 nitrogen and oxygen atoms in total. The molecule has 0 N–H and O–H groups in total. The first-order valence-electron chi connectivity index (χ1n) is 8.67. The highest BCUT2D eigenvalue weighted by Crippen LogP contribution is 2.13. The smallest absolute Gasteiger partial charge is 0.317 e. The predicted molar refractivity (Wildman–Crippen MR) is 84.9 cm³/mol. The molecular formula is C18H30O3. The molecule has 1 aliphatic heterocycles. The van der Waals surface area contributed by atoms with Crippen molar-refractivity contribution in [3.63, 3.8) is 0 Å². The molecule has 0 radical (unpaired) electrons. The van der Waals surface area contributed by atoms with Crippen molar-refractivity contribution < 1.29 is 14.3 Å². The molecule has 0 aromatic carbocycles. The van der Waals surface area contributed by atoms with Gasteiger partial charge in [-0.2, -0.15) is 0 Å². The largest absolute Gasteiger partial charge is 0.393 e. The quantitative estimate of drug-likeness (QED) is 0.355. The van der Waals surface area contributed by atoms with E-state index in [1.54, 1.807) is 0 Å². The Kier molecular flexibility index (Phi) is 10.8. The summed E-state index contributed by atoms with van der Waals surface area (Å²) >= 11 is 0. The Labute approximate surface area is 129 Å². The van der Waals surface area contributed by atoms with E-state index in [1.165, 1.54) is 57.8 Å². The molecular weight excluding hydrogens is 264 g/mol. The maximum Gasteiger partial charge on any atom is 0.317 e. The summed E-state index contributed by atoms with van der Waals surface area (Å²) in [4.78, 5) is 22.9. The molecule has 0 saturated heterocycles. The topological polar surface area (TPSA) is 43.4 Å². The Morgan fingerprint density at radius 1 is 0.619 bits per heavy atom. The van der Waals surface area contributed by atoms with Gasteiger partial charge in [-0.05, 0) is 19.3 Å². The van der Waals surface area contributed by atoms with Gasteiger partial charge < -0.3 is 4.74 Å². The van der Waals surface area contributed by atoms with Gasteiger partial charge in [-0.1, -0.05) is 69.9 Å². The van der Waals surface area contributed by atoms with Crippen LogP contribution in [0.2, 0.25) is 0 Å². The Hall–Kier alpha value is -1.12. The first-order valence-corrected chi connectivity index (χ1v) is 8.67. The minimum atomic E-state index is -0.422. The molecule has 1 rings (SSSR count). The third kappa shape index (κ3) is 11.2. The molecule has 0 saturated carbocycles. The summed E-state index contributed by atoms with van der Waals surface area (Å²) in [6.45, 7) is 0. The average Bonchev–Trinajstić information content (AvgIpc) is 2.46. The number of rotatable bonds is 0. The molecule has 1 aliphatic rings. The van der Waals surface area contributed by atoms with Crippen molar-refractivity contribution in [2.24, 2.45) is 0 Å². The van der Waals surface area contributed by atoms with Crippen LogP contribution in [-0.4, -0.2) is 11.9 Å². The molecule has 21 heavy (non-hydrogen) atoms. The lowest BCUT2D eigenvalue weighted by Crippen LogP contribution is -2.11. The lowest BCUT2D eigenvalue weighted by Gasteiger charge is -2.03. The van der Waals surface area contributed by atoms with Crippen LogP contribution in [0.1, 0.15) is 89.9 Å². The van der Waals surface area contributed by atoms with E-state index >= 15 is 0 Å². The molecule has 120 valence electrons. The molecule has 0 aromatic heterocycles. The van der Waals surface area contributed by atoms with E-state index in [0.29, 0.717) is 6.42 Å². The summed E-state index contributed by atoms with van der Waals surface area (Å²) in [6.07, 6.45) is 18.9. The van der Waals surface area contributed by atoms with Crippen LogP contribution in [0.5, 0.6) is 0 Å². The van der Waals surface area contributed by atoms with E-state index in [2.05, 4.69) is 0 Å². The highest BCUT2D eigenvalue weighted by Gasteiger charge is 2.08. The van der Waals surface area contributed by atoms with E-state index in [-0.39, 0.29) is 12.4 Å². The Bertz CT molecular complexity index is 320. The second kappa shape index (κ2) is 12.6. The van der Waals surface area contributed by atoms with Gasteiger partial charge in [0.1, 0.15) is 0 Å². The Morgan fingerprint density at radius 2 is 1.14 bits per heavy atom. The molecule has 0 unspecified atom stereocenters. The zero-order valence-electron chi connectivity index (χ0n) is 13.3. The summed E-state index contributed by atoms with van der Waals surface area (Å²) in [6, 6.07) is 0. The second-order valence-corrected chi connectivity index (χ2v) is 5.95. The van der Waals surface area contributed by atoms with E-state index < -0.39 is 5.97 Å². The highest BCUT2D eigenvalue weighted by molar-refractivity contribution is 5.86. The third-order valence-electron chi connectivity index (χ3n) is 3.93. The Balaban J connectivity index is 2.27. The fraction of sp³-hybridized carbons (Fsp3) is 0.778. The monoisotopic (exact) mass is 294 g/mol.